The molecule has 2 amide bonds. The van der Waals surface area contributed by atoms with Gasteiger partial charge in [-0.2, -0.15) is 0 Å². The first-order chi connectivity index (χ1) is 12.2. The van der Waals surface area contributed by atoms with E-state index in [1.807, 2.05) is 0 Å². The van der Waals surface area contributed by atoms with Gasteiger partial charge in [-0.3, -0.25) is 14.6 Å². The zero-order chi connectivity index (χ0) is 17.5. The monoisotopic (exact) mass is 359 g/mol. The van der Waals surface area contributed by atoms with Crippen LogP contribution in [0.4, 0.5) is 5.69 Å². The Morgan fingerprint density at radius 2 is 2.00 bits per heavy atom. The molecule has 25 heavy (non-hydrogen) atoms. The summed E-state index contributed by atoms with van der Waals surface area (Å²) in [6.07, 6.45) is 8.11. The number of nitrogens with zero attached hydrogens (tertiary/aromatic N) is 3. The minimum Gasteiger partial charge on any atom is -0.350 e. The Balaban J connectivity index is 1.53. The Bertz CT molecular complexity index is 713. The fourth-order valence-corrected chi connectivity index (χ4v) is 3.54. The molecule has 7 nitrogen and oxygen atoms in total. The largest absolute Gasteiger partial charge is 0.350 e. The first-order valence-electron chi connectivity index (χ1n) is 8.39. The molecule has 3 rings (SSSR count). The molecule has 0 aliphatic carbocycles. The maximum absolute atomic E-state index is 12.4. The SMILES string of the molecule is O=C(Nc1ccsc1C(=O)NCCN1CCCCC1)c1cnccn1. The van der Waals surface area contributed by atoms with Crippen molar-refractivity contribution in [1.82, 2.24) is 20.2 Å². The summed E-state index contributed by atoms with van der Waals surface area (Å²) in [7, 11) is 0. The molecule has 1 aliphatic rings. The number of thiophene rings is 1. The van der Waals surface area contributed by atoms with Crippen LogP contribution < -0.4 is 10.6 Å². The van der Waals surface area contributed by atoms with E-state index >= 15 is 0 Å². The molecule has 3 heterocycles. The van der Waals surface area contributed by atoms with Crippen molar-refractivity contribution in [2.24, 2.45) is 0 Å². The number of hydrogen-bond acceptors (Lipinski definition) is 6. The summed E-state index contributed by atoms with van der Waals surface area (Å²) in [5.74, 6) is -0.546. The fourth-order valence-electron chi connectivity index (χ4n) is 2.78. The van der Waals surface area contributed by atoms with Crippen molar-refractivity contribution < 1.29 is 9.59 Å². The lowest BCUT2D eigenvalue weighted by atomic mass is 10.1. The highest BCUT2D eigenvalue weighted by molar-refractivity contribution is 7.12. The molecule has 0 unspecified atom stereocenters. The Morgan fingerprint density at radius 1 is 1.16 bits per heavy atom. The summed E-state index contributed by atoms with van der Waals surface area (Å²) in [6, 6.07) is 1.72. The molecule has 8 heteroatoms. The van der Waals surface area contributed by atoms with Crippen LogP contribution >= 0.6 is 11.3 Å². The third kappa shape index (κ3) is 4.83. The van der Waals surface area contributed by atoms with E-state index in [1.54, 1.807) is 11.4 Å². The number of hydrogen-bond donors (Lipinski definition) is 2. The van der Waals surface area contributed by atoms with Crippen LogP contribution in [0.25, 0.3) is 0 Å². The summed E-state index contributed by atoms with van der Waals surface area (Å²) >= 11 is 1.30. The average molecular weight is 359 g/mol. The average Bonchev–Trinajstić information content (AvgIpc) is 3.11. The molecule has 1 aliphatic heterocycles. The smallest absolute Gasteiger partial charge is 0.275 e. The predicted octanol–water partition coefficient (Wildman–Crippen LogP) is 2.01. The van der Waals surface area contributed by atoms with E-state index in [1.165, 1.54) is 49.2 Å². The highest BCUT2D eigenvalue weighted by atomic mass is 32.1. The van der Waals surface area contributed by atoms with Gasteiger partial charge in [-0.05, 0) is 37.4 Å². The van der Waals surface area contributed by atoms with Crippen molar-refractivity contribution in [2.75, 3.05) is 31.5 Å². The van der Waals surface area contributed by atoms with Crippen LogP contribution in [0.2, 0.25) is 0 Å². The molecule has 0 bridgehead atoms. The second-order valence-electron chi connectivity index (χ2n) is 5.87. The van der Waals surface area contributed by atoms with Crippen LogP contribution in [-0.4, -0.2) is 52.9 Å². The molecule has 0 aromatic carbocycles. The van der Waals surface area contributed by atoms with E-state index in [-0.39, 0.29) is 17.5 Å². The number of aromatic nitrogens is 2. The van der Waals surface area contributed by atoms with E-state index in [2.05, 4.69) is 25.5 Å². The van der Waals surface area contributed by atoms with Crippen LogP contribution in [0.3, 0.4) is 0 Å². The topological polar surface area (TPSA) is 87.2 Å². The third-order valence-corrected chi connectivity index (χ3v) is 4.99. The van der Waals surface area contributed by atoms with Gasteiger partial charge < -0.3 is 15.5 Å². The van der Waals surface area contributed by atoms with Gasteiger partial charge in [0.15, 0.2) is 0 Å². The van der Waals surface area contributed by atoms with Crippen molar-refractivity contribution >= 4 is 28.8 Å². The zero-order valence-electron chi connectivity index (χ0n) is 13.9. The molecular weight excluding hydrogens is 338 g/mol. The lowest BCUT2D eigenvalue weighted by Crippen LogP contribution is -2.37. The molecule has 0 spiro atoms. The molecular formula is C17H21N5O2S. The van der Waals surface area contributed by atoms with E-state index in [0.717, 1.165) is 19.6 Å². The van der Waals surface area contributed by atoms with Crippen molar-refractivity contribution in [3.63, 3.8) is 0 Å². The van der Waals surface area contributed by atoms with E-state index in [9.17, 15) is 9.59 Å². The molecule has 0 radical (unpaired) electrons. The Morgan fingerprint density at radius 3 is 2.76 bits per heavy atom. The Kier molecular flexibility index (Phi) is 6.08. The fraction of sp³-hybridized carbons (Fsp3) is 0.412. The molecule has 132 valence electrons. The Labute approximate surface area is 150 Å². The number of carbonyl (C=O) groups is 2. The van der Waals surface area contributed by atoms with Gasteiger partial charge in [0.2, 0.25) is 0 Å². The third-order valence-electron chi connectivity index (χ3n) is 4.08. The molecule has 2 aromatic rings. The molecule has 1 saturated heterocycles. The van der Waals surface area contributed by atoms with Crippen LogP contribution in [0.1, 0.15) is 39.4 Å². The van der Waals surface area contributed by atoms with Crippen LogP contribution in [0.15, 0.2) is 30.0 Å². The van der Waals surface area contributed by atoms with Gasteiger partial charge in [-0.1, -0.05) is 6.42 Å². The number of amides is 2. The standard InChI is InChI=1S/C17H21N5O2S/c23-16(14-12-18-5-6-19-14)21-13-4-11-25-15(13)17(24)20-7-10-22-8-2-1-3-9-22/h4-6,11-12H,1-3,7-10H2,(H,20,24)(H,21,23). The van der Waals surface area contributed by atoms with Crippen LogP contribution in [0.5, 0.6) is 0 Å². The molecule has 1 fully saturated rings. The molecule has 0 atom stereocenters. The van der Waals surface area contributed by atoms with Crippen molar-refractivity contribution in [3.8, 4) is 0 Å². The van der Waals surface area contributed by atoms with Crippen molar-refractivity contribution in [3.05, 3.63) is 40.6 Å². The number of anilines is 1. The highest BCUT2D eigenvalue weighted by Crippen LogP contribution is 2.22. The summed E-state index contributed by atoms with van der Waals surface area (Å²) in [4.78, 5) is 35.2. The number of piperidine rings is 1. The van der Waals surface area contributed by atoms with Gasteiger partial charge in [0.1, 0.15) is 10.6 Å². The molecule has 2 N–H and O–H groups in total. The predicted molar refractivity (Wildman–Crippen MR) is 96.9 cm³/mol. The normalized spacial score (nSPS) is 14.9. The summed E-state index contributed by atoms with van der Waals surface area (Å²) < 4.78 is 0. The minimum absolute atomic E-state index is 0.165. The maximum Gasteiger partial charge on any atom is 0.275 e. The van der Waals surface area contributed by atoms with Gasteiger partial charge in [-0.25, -0.2) is 4.98 Å². The summed E-state index contributed by atoms with van der Waals surface area (Å²) in [6.45, 7) is 3.68. The zero-order valence-corrected chi connectivity index (χ0v) is 14.7. The number of carbonyl (C=O) groups excluding carboxylic acids is 2. The first-order valence-corrected chi connectivity index (χ1v) is 9.27. The Hall–Kier alpha value is -2.32. The van der Waals surface area contributed by atoms with E-state index < -0.39 is 0 Å². The first kappa shape index (κ1) is 17.5. The van der Waals surface area contributed by atoms with E-state index in [4.69, 9.17) is 0 Å². The number of nitrogens with one attached hydrogen (secondary N) is 2. The quantitative estimate of drug-likeness (QED) is 0.824. The number of rotatable bonds is 6. The van der Waals surface area contributed by atoms with Crippen LogP contribution in [0, 0.1) is 0 Å². The lowest BCUT2D eigenvalue weighted by molar-refractivity contribution is 0.0951. The second kappa shape index (κ2) is 8.68. The van der Waals surface area contributed by atoms with Gasteiger partial charge >= 0.3 is 0 Å². The van der Waals surface area contributed by atoms with Gasteiger partial charge in [0, 0.05) is 25.5 Å². The second-order valence-corrected chi connectivity index (χ2v) is 6.78. The van der Waals surface area contributed by atoms with Crippen molar-refractivity contribution in [1.29, 1.82) is 0 Å². The van der Waals surface area contributed by atoms with Gasteiger partial charge in [-0.15, -0.1) is 11.3 Å². The highest BCUT2D eigenvalue weighted by Gasteiger charge is 2.17. The molecule has 0 saturated carbocycles. The number of likely N-dealkylation sites (tertiary alicyclic amines) is 1. The van der Waals surface area contributed by atoms with Gasteiger partial charge in [0.05, 0.1) is 11.9 Å². The minimum atomic E-state index is -0.381. The summed E-state index contributed by atoms with van der Waals surface area (Å²) in [5, 5.41) is 7.45. The van der Waals surface area contributed by atoms with Gasteiger partial charge in [0.25, 0.3) is 11.8 Å². The molecule has 2 aromatic heterocycles. The maximum atomic E-state index is 12.4. The van der Waals surface area contributed by atoms with Crippen molar-refractivity contribution in [2.45, 2.75) is 19.3 Å². The summed E-state index contributed by atoms with van der Waals surface area (Å²) in [5.41, 5.74) is 0.710. The van der Waals surface area contributed by atoms with E-state index in [0.29, 0.717) is 17.1 Å². The van der Waals surface area contributed by atoms with Crippen LogP contribution in [-0.2, 0) is 0 Å². The lowest BCUT2D eigenvalue weighted by Gasteiger charge is -2.26.